The fourth-order valence-corrected chi connectivity index (χ4v) is 0.973. The molecule has 0 amide bonds. The number of hydrogen-bond acceptors (Lipinski definition) is 1. The largest absolute Gasteiger partial charge is 0.317 e. The van der Waals surface area contributed by atoms with Crippen LogP contribution in [0, 0.1) is 0 Å². The Balaban J connectivity index is 0.000000292. The lowest BCUT2D eigenvalue weighted by molar-refractivity contribution is 0.762. The van der Waals surface area contributed by atoms with E-state index >= 15 is 0 Å². The van der Waals surface area contributed by atoms with E-state index < -0.39 is 0 Å². The molecule has 0 saturated carbocycles. The van der Waals surface area contributed by atoms with Crippen LogP contribution in [-0.4, -0.2) is 13.1 Å². The minimum atomic E-state index is 1.09. The predicted octanol–water partition coefficient (Wildman–Crippen LogP) is 3.34. The van der Waals surface area contributed by atoms with Gasteiger partial charge in [-0.2, -0.15) is 0 Å². The quantitative estimate of drug-likeness (QED) is 0.772. The van der Waals surface area contributed by atoms with Gasteiger partial charge in [0.1, 0.15) is 0 Å². The highest BCUT2D eigenvalue weighted by atomic mass is 14.8. The van der Waals surface area contributed by atoms with Crippen molar-refractivity contribution in [2.24, 2.45) is 0 Å². The van der Waals surface area contributed by atoms with Crippen LogP contribution in [-0.2, 0) is 0 Å². The Morgan fingerprint density at radius 3 is 1.86 bits per heavy atom. The SMILES string of the molecule is C=C(C)c1ccccc1.CCNCC. The van der Waals surface area contributed by atoms with E-state index in [1.807, 2.05) is 25.1 Å². The molecule has 1 aromatic rings. The Bertz CT molecular complexity index is 237. The second-order valence-electron chi connectivity index (χ2n) is 3.10. The lowest BCUT2D eigenvalue weighted by atomic mass is 10.1. The molecule has 1 aromatic carbocycles. The van der Waals surface area contributed by atoms with Crippen LogP contribution in [0.2, 0.25) is 0 Å². The molecule has 0 heterocycles. The van der Waals surface area contributed by atoms with Gasteiger partial charge in [-0.3, -0.25) is 0 Å². The van der Waals surface area contributed by atoms with Crippen molar-refractivity contribution in [3.05, 3.63) is 42.5 Å². The highest BCUT2D eigenvalue weighted by molar-refractivity contribution is 5.60. The third kappa shape index (κ3) is 6.44. The zero-order valence-corrected chi connectivity index (χ0v) is 9.51. The maximum absolute atomic E-state index is 3.83. The molecule has 0 saturated heterocycles. The highest BCUT2D eigenvalue weighted by Crippen LogP contribution is 2.08. The van der Waals surface area contributed by atoms with Gasteiger partial charge in [0.25, 0.3) is 0 Å². The van der Waals surface area contributed by atoms with Crippen LogP contribution < -0.4 is 5.32 Å². The van der Waals surface area contributed by atoms with Gasteiger partial charge in [0, 0.05) is 0 Å². The van der Waals surface area contributed by atoms with E-state index in [4.69, 9.17) is 0 Å². The molecule has 1 N–H and O–H groups in total. The van der Waals surface area contributed by atoms with Crippen LogP contribution in [0.25, 0.3) is 5.57 Å². The number of nitrogens with one attached hydrogen (secondary N) is 1. The van der Waals surface area contributed by atoms with Crippen molar-refractivity contribution in [1.29, 1.82) is 0 Å². The first kappa shape index (κ1) is 12.9. The van der Waals surface area contributed by atoms with E-state index in [1.54, 1.807) is 0 Å². The van der Waals surface area contributed by atoms with E-state index in [2.05, 4.69) is 37.9 Å². The summed E-state index contributed by atoms with van der Waals surface area (Å²) in [6, 6.07) is 10.2. The van der Waals surface area contributed by atoms with E-state index in [-0.39, 0.29) is 0 Å². The van der Waals surface area contributed by atoms with Crippen LogP contribution >= 0.6 is 0 Å². The first-order valence-electron chi connectivity index (χ1n) is 5.14. The fraction of sp³-hybridized carbons (Fsp3) is 0.385. The summed E-state index contributed by atoms with van der Waals surface area (Å²) in [6.07, 6.45) is 0. The summed E-state index contributed by atoms with van der Waals surface area (Å²) in [7, 11) is 0. The summed E-state index contributed by atoms with van der Waals surface area (Å²) in [4.78, 5) is 0. The molecule has 0 aliphatic rings. The van der Waals surface area contributed by atoms with Crippen LogP contribution in [0.15, 0.2) is 36.9 Å². The van der Waals surface area contributed by atoms with Crippen molar-refractivity contribution in [3.8, 4) is 0 Å². The molecule has 78 valence electrons. The molecule has 0 bridgehead atoms. The summed E-state index contributed by atoms with van der Waals surface area (Å²) in [5.41, 5.74) is 2.34. The summed E-state index contributed by atoms with van der Waals surface area (Å²) >= 11 is 0. The molecule has 0 atom stereocenters. The molecule has 0 spiro atoms. The van der Waals surface area contributed by atoms with Crippen molar-refractivity contribution in [3.63, 3.8) is 0 Å². The molecule has 0 fully saturated rings. The van der Waals surface area contributed by atoms with Gasteiger partial charge in [0.15, 0.2) is 0 Å². The molecule has 1 heteroatoms. The maximum Gasteiger partial charge on any atom is -0.00775 e. The summed E-state index contributed by atoms with van der Waals surface area (Å²) in [6.45, 7) is 12.2. The number of benzene rings is 1. The van der Waals surface area contributed by atoms with Crippen molar-refractivity contribution in [2.45, 2.75) is 20.8 Å². The lowest BCUT2D eigenvalue weighted by Crippen LogP contribution is -2.09. The molecule has 0 aromatic heterocycles. The number of hydrogen-bond donors (Lipinski definition) is 1. The van der Waals surface area contributed by atoms with Crippen molar-refractivity contribution >= 4 is 5.57 Å². The van der Waals surface area contributed by atoms with Crippen LogP contribution in [0.1, 0.15) is 26.3 Å². The Morgan fingerprint density at radius 1 is 1.14 bits per heavy atom. The molecule has 0 aliphatic carbocycles. The van der Waals surface area contributed by atoms with Crippen LogP contribution in [0.4, 0.5) is 0 Å². The molecular weight excluding hydrogens is 170 g/mol. The third-order valence-corrected chi connectivity index (χ3v) is 1.77. The maximum atomic E-state index is 3.83. The normalized spacial score (nSPS) is 8.79. The lowest BCUT2D eigenvalue weighted by Gasteiger charge is -1.94. The van der Waals surface area contributed by atoms with Crippen molar-refractivity contribution in [1.82, 2.24) is 5.32 Å². The second kappa shape index (κ2) is 8.52. The molecule has 0 unspecified atom stereocenters. The number of allylic oxidation sites excluding steroid dienone is 1. The zero-order chi connectivity index (χ0) is 10.8. The van der Waals surface area contributed by atoms with Gasteiger partial charge in [0.05, 0.1) is 0 Å². The third-order valence-electron chi connectivity index (χ3n) is 1.77. The zero-order valence-electron chi connectivity index (χ0n) is 9.51. The minimum absolute atomic E-state index is 1.09. The molecule has 1 rings (SSSR count). The van der Waals surface area contributed by atoms with E-state index in [1.165, 1.54) is 5.56 Å². The average Bonchev–Trinajstić information content (AvgIpc) is 2.21. The van der Waals surface area contributed by atoms with Crippen LogP contribution in [0.3, 0.4) is 0 Å². The van der Waals surface area contributed by atoms with Gasteiger partial charge in [-0.25, -0.2) is 0 Å². The van der Waals surface area contributed by atoms with E-state index in [0.717, 1.165) is 18.7 Å². The Hall–Kier alpha value is -1.08. The van der Waals surface area contributed by atoms with Crippen LogP contribution in [0.5, 0.6) is 0 Å². The fourth-order valence-electron chi connectivity index (χ4n) is 0.973. The highest BCUT2D eigenvalue weighted by Gasteiger charge is 1.86. The molecule has 1 nitrogen and oxygen atoms in total. The standard InChI is InChI=1S/C9H10.C4H11N/c1-8(2)9-6-4-3-5-7-9;1-3-5-4-2/h3-7H,1H2,2H3;5H,3-4H2,1-2H3. The first-order valence-corrected chi connectivity index (χ1v) is 5.14. The van der Waals surface area contributed by atoms with Gasteiger partial charge in [0.2, 0.25) is 0 Å². The predicted molar refractivity (Wildman–Crippen MR) is 65.4 cm³/mol. The second-order valence-corrected chi connectivity index (χ2v) is 3.10. The van der Waals surface area contributed by atoms with Crippen molar-refractivity contribution < 1.29 is 0 Å². The molecular formula is C13H21N. The topological polar surface area (TPSA) is 12.0 Å². The Labute approximate surface area is 87.9 Å². The van der Waals surface area contributed by atoms with Gasteiger partial charge in [-0.05, 0) is 25.6 Å². The van der Waals surface area contributed by atoms with Gasteiger partial charge >= 0.3 is 0 Å². The van der Waals surface area contributed by atoms with E-state index in [9.17, 15) is 0 Å². The molecule has 0 aliphatic heterocycles. The molecule has 0 radical (unpaired) electrons. The Morgan fingerprint density at radius 2 is 1.64 bits per heavy atom. The van der Waals surface area contributed by atoms with Gasteiger partial charge in [-0.1, -0.05) is 56.3 Å². The summed E-state index contributed by atoms with van der Waals surface area (Å²) < 4.78 is 0. The monoisotopic (exact) mass is 191 g/mol. The Kier molecular flexibility index (Phi) is 7.86. The average molecular weight is 191 g/mol. The minimum Gasteiger partial charge on any atom is -0.317 e. The van der Waals surface area contributed by atoms with Crippen molar-refractivity contribution in [2.75, 3.05) is 13.1 Å². The summed E-state index contributed by atoms with van der Waals surface area (Å²) in [5.74, 6) is 0. The summed E-state index contributed by atoms with van der Waals surface area (Å²) in [5, 5.41) is 3.11. The van der Waals surface area contributed by atoms with E-state index in [0.29, 0.717) is 0 Å². The van der Waals surface area contributed by atoms with Gasteiger partial charge in [-0.15, -0.1) is 0 Å². The smallest absolute Gasteiger partial charge is 0.00775 e. The van der Waals surface area contributed by atoms with Gasteiger partial charge < -0.3 is 5.32 Å². The number of rotatable bonds is 3. The molecule has 14 heavy (non-hydrogen) atoms. The first-order chi connectivity index (χ1) is 6.72.